The van der Waals surface area contributed by atoms with E-state index in [1.165, 1.54) is 0 Å². The summed E-state index contributed by atoms with van der Waals surface area (Å²) in [5.41, 5.74) is 0.416. The third-order valence-electron chi connectivity index (χ3n) is 1.66. The van der Waals surface area contributed by atoms with E-state index < -0.39 is 7.12 Å². The van der Waals surface area contributed by atoms with Crippen LogP contribution in [0.25, 0.3) is 0 Å². The summed E-state index contributed by atoms with van der Waals surface area (Å²) in [5, 5.41) is 16.9. The van der Waals surface area contributed by atoms with Gasteiger partial charge in [0.25, 0.3) is 0 Å². The van der Waals surface area contributed by atoms with E-state index in [1.807, 2.05) is 6.92 Å². The van der Waals surface area contributed by atoms with Crippen LogP contribution in [-0.4, -0.2) is 24.2 Å². The van der Waals surface area contributed by atoms with Crippen LogP contribution in [0.5, 0.6) is 5.75 Å². The zero-order valence-corrected chi connectivity index (χ0v) is 7.71. The lowest BCUT2D eigenvalue weighted by Gasteiger charge is -2.11. The van der Waals surface area contributed by atoms with Crippen LogP contribution in [0, 0.1) is 0 Å². The fraction of sp³-hybridized carbons (Fsp3) is 0.250. The number of para-hydroxylation sites is 1. The lowest BCUT2D eigenvalue weighted by atomic mass is 9.79. The largest absolute Gasteiger partial charge is 0.557 e. The number of ether oxygens (including phenoxy) is 1. The van der Waals surface area contributed by atoms with Crippen LogP contribution < -0.4 is 10.2 Å². The third kappa shape index (κ3) is 2.46. The van der Waals surface area contributed by atoms with Crippen LogP contribution in [0.2, 0.25) is 0 Å². The van der Waals surface area contributed by atoms with Gasteiger partial charge in [-0.1, -0.05) is 18.2 Å². The Balaban J connectivity index is 2.92. The average Bonchev–Trinajstić information content (AvgIpc) is 2.23. The van der Waals surface area contributed by atoms with Gasteiger partial charge in [0.2, 0.25) is 0 Å². The molecule has 6 heteroatoms. The summed E-state index contributed by atoms with van der Waals surface area (Å²) in [7, 11) is -1.25. The highest BCUT2D eigenvalue weighted by Gasteiger charge is 2.25. The van der Waals surface area contributed by atoms with Crippen LogP contribution in [-0.2, 0) is 9.61 Å². The van der Waals surface area contributed by atoms with Crippen molar-refractivity contribution in [2.75, 3.05) is 6.61 Å². The number of hydrogen-bond donors (Lipinski definition) is 2. The molecular weight excluding hydrogens is 187 g/mol. The van der Waals surface area contributed by atoms with Gasteiger partial charge in [-0.25, -0.2) is 0 Å². The highest BCUT2D eigenvalue weighted by Crippen LogP contribution is 2.08. The normalized spacial score (nSPS) is 9.93. The second-order valence-electron chi connectivity index (χ2n) is 2.51. The van der Waals surface area contributed by atoms with Crippen molar-refractivity contribution in [2.45, 2.75) is 6.92 Å². The topological polar surface area (TPSA) is 68.2 Å². The van der Waals surface area contributed by atoms with Crippen LogP contribution in [0.1, 0.15) is 6.92 Å². The van der Waals surface area contributed by atoms with E-state index in [0.29, 0.717) is 17.8 Å². The van der Waals surface area contributed by atoms with E-state index in [-0.39, 0.29) is 0 Å². The molecule has 14 heavy (non-hydrogen) atoms. The summed E-state index contributed by atoms with van der Waals surface area (Å²) in [6.07, 6.45) is 0. The summed E-state index contributed by atoms with van der Waals surface area (Å²) < 4.78 is 5.24. The van der Waals surface area contributed by atoms with Crippen LogP contribution in [0.3, 0.4) is 0 Å². The maximum Gasteiger partial charge on any atom is 0.557 e. The van der Waals surface area contributed by atoms with E-state index in [9.17, 15) is 0 Å². The maximum atomic E-state index is 8.43. The van der Waals surface area contributed by atoms with Gasteiger partial charge in [0.15, 0.2) is 0 Å². The summed E-state index contributed by atoms with van der Waals surface area (Å²) in [6, 6.07) is 6.77. The smallest absolute Gasteiger partial charge is 0.494 e. The SMILES string of the molecule is CCOc1ccccc1B(OO)OO. The van der Waals surface area contributed by atoms with Crippen molar-refractivity contribution in [3.05, 3.63) is 24.3 Å². The van der Waals surface area contributed by atoms with E-state index in [4.69, 9.17) is 15.3 Å². The van der Waals surface area contributed by atoms with Gasteiger partial charge in [-0.3, -0.25) is 20.1 Å². The molecule has 0 aromatic heterocycles. The third-order valence-corrected chi connectivity index (χ3v) is 1.66. The van der Waals surface area contributed by atoms with Crippen molar-refractivity contribution in [1.29, 1.82) is 0 Å². The monoisotopic (exact) mass is 198 g/mol. The van der Waals surface area contributed by atoms with Crippen LogP contribution in [0.4, 0.5) is 0 Å². The zero-order chi connectivity index (χ0) is 10.4. The molecule has 2 N–H and O–H groups in total. The van der Waals surface area contributed by atoms with Gasteiger partial charge >= 0.3 is 7.12 Å². The van der Waals surface area contributed by atoms with Crippen molar-refractivity contribution in [2.24, 2.45) is 0 Å². The molecule has 76 valence electrons. The Morgan fingerprint density at radius 1 is 1.21 bits per heavy atom. The Morgan fingerprint density at radius 3 is 2.43 bits per heavy atom. The molecule has 0 bridgehead atoms. The van der Waals surface area contributed by atoms with E-state index in [1.54, 1.807) is 24.3 Å². The minimum Gasteiger partial charge on any atom is -0.494 e. The first-order chi connectivity index (χ1) is 6.83. The average molecular weight is 198 g/mol. The highest BCUT2D eigenvalue weighted by atomic mass is 17.2. The first kappa shape index (κ1) is 11.0. The van der Waals surface area contributed by atoms with Gasteiger partial charge in [-0.05, 0) is 13.0 Å². The maximum absolute atomic E-state index is 8.43. The molecular formula is C8H11BO5. The second-order valence-corrected chi connectivity index (χ2v) is 2.51. The molecule has 0 aliphatic rings. The minimum absolute atomic E-state index is 0.416. The number of rotatable bonds is 5. The summed E-state index contributed by atoms with van der Waals surface area (Å²) in [6.45, 7) is 2.30. The van der Waals surface area contributed by atoms with E-state index in [0.717, 1.165) is 0 Å². The quantitative estimate of drug-likeness (QED) is 0.415. The van der Waals surface area contributed by atoms with Crippen molar-refractivity contribution in [3.63, 3.8) is 0 Å². The fourth-order valence-electron chi connectivity index (χ4n) is 1.10. The molecule has 0 aliphatic carbocycles. The van der Waals surface area contributed by atoms with E-state index >= 15 is 0 Å². The summed E-state index contributed by atoms with van der Waals surface area (Å²) in [5.74, 6) is 0.489. The predicted molar refractivity (Wildman–Crippen MR) is 50.4 cm³/mol. The molecule has 1 aromatic carbocycles. The Hall–Kier alpha value is -1.08. The Morgan fingerprint density at radius 2 is 1.86 bits per heavy atom. The number of hydrogen-bond acceptors (Lipinski definition) is 5. The second kappa shape index (κ2) is 5.61. The molecule has 0 aliphatic heterocycles. The van der Waals surface area contributed by atoms with Crippen molar-refractivity contribution >= 4 is 12.6 Å². The lowest BCUT2D eigenvalue weighted by molar-refractivity contribution is -0.221. The first-order valence-corrected chi connectivity index (χ1v) is 4.15. The van der Waals surface area contributed by atoms with Gasteiger partial charge in [0.05, 0.1) is 6.61 Å². The van der Waals surface area contributed by atoms with Crippen molar-refractivity contribution in [3.8, 4) is 5.75 Å². The fourth-order valence-corrected chi connectivity index (χ4v) is 1.10. The Kier molecular flexibility index (Phi) is 4.41. The molecule has 1 rings (SSSR count). The highest BCUT2D eigenvalue weighted by molar-refractivity contribution is 6.61. The summed E-state index contributed by atoms with van der Waals surface area (Å²) in [4.78, 5) is 7.84. The van der Waals surface area contributed by atoms with Gasteiger partial charge in [0, 0.05) is 5.46 Å². The molecule has 0 saturated carbocycles. The van der Waals surface area contributed by atoms with Crippen molar-refractivity contribution in [1.82, 2.24) is 0 Å². The number of benzene rings is 1. The summed E-state index contributed by atoms with van der Waals surface area (Å²) >= 11 is 0. The molecule has 5 nitrogen and oxygen atoms in total. The molecule has 0 atom stereocenters. The van der Waals surface area contributed by atoms with Crippen LogP contribution in [0.15, 0.2) is 24.3 Å². The minimum atomic E-state index is -1.25. The molecule has 1 aromatic rings. The molecule has 0 unspecified atom stereocenters. The Labute approximate surface area is 81.8 Å². The zero-order valence-electron chi connectivity index (χ0n) is 7.71. The molecule has 0 fully saturated rings. The van der Waals surface area contributed by atoms with Gasteiger partial charge in [-0.2, -0.15) is 0 Å². The first-order valence-electron chi connectivity index (χ1n) is 4.15. The van der Waals surface area contributed by atoms with Crippen LogP contribution >= 0.6 is 0 Å². The van der Waals surface area contributed by atoms with Gasteiger partial charge in [0.1, 0.15) is 5.75 Å². The van der Waals surface area contributed by atoms with Gasteiger partial charge in [-0.15, -0.1) is 0 Å². The lowest BCUT2D eigenvalue weighted by Crippen LogP contribution is -2.36. The van der Waals surface area contributed by atoms with Gasteiger partial charge < -0.3 is 4.74 Å². The molecule has 0 spiro atoms. The van der Waals surface area contributed by atoms with E-state index in [2.05, 4.69) is 9.61 Å². The molecule has 0 radical (unpaired) electrons. The molecule has 0 saturated heterocycles. The van der Waals surface area contributed by atoms with Crippen molar-refractivity contribution < 1.29 is 24.9 Å². The molecule has 0 heterocycles. The molecule has 0 amide bonds. The predicted octanol–water partition coefficient (Wildman–Crippen LogP) is 0.760. The Bertz CT molecular complexity index is 276. The standard InChI is InChI=1S/C8H11BO5/c1-2-12-8-6-4-3-5-7(8)9(13-10)14-11/h3-6,10-11H,2H2,1H3.